The highest BCUT2D eigenvalue weighted by atomic mass is 16.5. The van der Waals surface area contributed by atoms with Crippen molar-refractivity contribution < 1.29 is 24.2 Å². The Hall–Kier alpha value is -2.24. The number of rotatable bonds is 7. The summed E-state index contributed by atoms with van der Waals surface area (Å²) >= 11 is 0. The summed E-state index contributed by atoms with van der Waals surface area (Å²) in [6.07, 6.45) is 0.449. The van der Waals surface area contributed by atoms with Crippen molar-refractivity contribution in [1.29, 1.82) is 0 Å². The number of amides is 1. The van der Waals surface area contributed by atoms with Gasteiger partial charge in [0.1, 0.15) is 0 Å². The number of methoxy groups -OCH3 is 2. The van der Waals surface area contributed by atoms with E-state index in [9.17, 15) is 9.59 Å². The van der Waals surface area contributed by atoms with Crippen LogP contribution < -0.4 is 14.8 Å². The molecule has 1 atom stereocenters. The minimum Gasteiger partial charge on any atom is -0.493 e. The van der Waals surface area contributed by atoms with Crippen molar-refractivity contribution in [1.82, 2.24) is 5.32 Å². The number of para-hydroxylation sites is 1. The maximum atomic E-state index is 12.1. The molecule has 1 aromatic rings. The van der Waals surface area contributed by atoms with Crippen LogP contribution >= 0.6 is 0 Å². The second-order valence-electron chi connectivity index (χ2n) is 4.19. The number of carboxylic acids is 1. The Kier molecular flexibility index (Phi) is 5.83. The van der Waals surface area contributed by atoms with Gasteiger partial charge in [0.25, 0.3) is 5.91 Å². The van der Waals surface area contributed by atoms with Gasteiger partial charge in [-0.1, -0.05) is 13.0 Å². The van der Waals surface area contributed by atoms with Gasteiger partial charge in [-0.3, -0.25) is 9.59 Å². The summed E-state index contributed by atoms with van der Waals surface area (Å²) in [7, 11) is 2.93. The van der Waals surface area contributed by atoms with E-state index in [2.05, 4.69) is 5.32 Å². The smallest absolute Gasteiger partial charge is 0.308 e. The van der Waals surface area contributed by atoms with Gasteiger partial charge in [0.15, 0.2) is 11.5 Å². The molecule has 1 unspecified atom stereocenters. The average molecular weight is 281 g/mol. The Balaban J connectivity index is 2.85. The summed E-state index contributed by atoms with van der Waals surface area (Å²) in [5.74, 6) is -1.14. The first-order valence-electron chi connectivity index (χ1n) is 6.27. The van der Waals surface area contributed by atoms with E-state index in [1.807, 2.05) is 0 Å². The first kappa shape index (κ1) is 15.8. The Morgan fingerprint density at radius 3 is 2.50 bits per heavy atom. The highest BCUT2D eigenvalue weighted by Crippen LogP contribution is 2.30. The molecule has 0 radical (unpaired) electrons. The summed E-state index contributed by atoms with van der Waals surface area (Å²) in [6, 6.07) is 4.95. The van der Waals surface area contributed by atoms with Crippen LogP contribution in [0.3, 0.4) is 0 Å². The third kappa shape index (κ3) is 3.63. The molecule has 110 valence electrons. The van der Waals surface area contributed by atoms with E-state index < -0.39 is 11.9 Å². The Morgan fingerprint density at radius 2 is 2.00 bits per heavy atom. The molecule has 0 aliphatic rings. The Labute approximate surface area is 117 Å². The maximum Gasteiger partial charge on any atom is 0.308 e. The molecule has 1 aromatic carbocycles. The predicted octanol–water partition coefficient (Wildman–Crippen LogP) is 1.54. The molecule has 1 amide bonds. The van der Waals surface area contributed by atoms with Gasteiger partial charge in [-0.25, -0.2) is 0 Å². The number of ether oxygens (including phenoxy) is 2. The third-order valence-electron chi connectivity index (χ3n) is 3.00. The van der Waals surface area contributed by atoms with E-state index in [0.717, 1.165) is 0 Å². The second-order valence-corrected chi connectivity index (χ2v) is 4.19. The molecular weight excluding hydrogens is 262 g/mol. The number of benzene rings is 1. The molecule has 6 nitrogen and oxygen atoms in total. The van der Waals surface area contributed by atoms with Crippen molar-refractivity contribution in [3.8, 4) is 11.5 Å². The van der Waals surface area contributed by atoms with Gasteiger partial charge < -0.3 is 19.9 Å². The molecule has 0 heterocycles. The van der Waals surface area contributed by atoms with Crippen LogP contribution in [0.2, 0.25) is 0 Å². The average Bonchev–Trinajstić information content (AvgIpc) is 2.46. The molecule has 0 saturated carbocycles. The van der Waals surface area contributed by atoms with Crippen LogP contribution in [0.5, 0.6) is 11.5 Å². The standard InChI is InChI=1S/C14H19NO5/c1-4-9(14(17)18)8-15-13(16)10-6-5-7-11(19-2)12(10)20-3/h5-7,9H,4,8H2,1-3H3,(H,15,16)(H,17,18). The SMILES string of the molecule is CCC(CNC(=O)c1cccc(OC)c1OC)C(=O)O. The summed E-state index contributed by atoms with van der Waals surface area (Å²) in [5.41, 5.74) is 0.312. The second kappa shape index (κ2) is 7.37. The first-order valence-corrected chi connectivity index (χ1v) is 6.27. The molecule has 0 aliphatic carbocycles. The molecule has 0 fully saturated rings. The van der Waals surface area contributed by atoms with Crippen LogP contribution in [0.25, 0.3) is 0 Å². The zero-order valence-electron chi connectivity index (χ0n) is 11.8. The topological polar surface area (TPSA) is 84.9 Å². The number of hydrogen-bond acceptors (Lipinski definition) is 4. The zero-order valence-corrected chi connectivity index (χ0v) is 11.8. The largest absolute Gasteiger partial charge is 0.493 e. The number of carbonyl (C=O) groups is 2. The van der Waals surface area contributed by atoms with Crippen LogP contribution in [0.1, 0.15) is 23.7 Å². The van der Waals surface area contributed by atoms with Crippen molar-refractivity contribution in [2.75, 3.05) is 20.8 Å². The Morgan fingerprint density at radius 1 is 1.30 bits per heavy atom. The van der Waals surface area contributed by atoms with E-state index in [0.29, 0.717) is 23.5 Å². The van der Waals surface area contributed by atoms with Gasteiger partial charge in [0.05, 0.1) is 25.7 Å². The highest BCUT2D eigenvalue weighted by molar-refractivity contribution is 5.98. The van der Waals surface area contributed by atoms with Gasteiger partial charge in [-0.2, -0.15) is 0 Å². The normalized spacial score (nSPS) is 11.6. The van der Waals surface area contributed by atoms with Crippen LogP contribution in [-0.4, -0.2) is 37.7 Å². The van der Waals surface area contributed by atoms with Crippen LogP contribution in [-0.2, 0) is 4.79 Å². The molecular formula is C14H19NO5. The highest BCUT2D eigenvalue weighted by Gasteiger charge is 2.19. The number of carbonyl (C=O) groups excluding carboxylic acids is 1. The quantitative estimate of drug-likeness (QED) is 0.792. The number of nitrogens with one attached hydrogen (secondary N) is 1. The third-order valence-corrected chi connectivity index (χ3v) is 3.00. The fraction of sp³-hybridized carbons (Fsp3) is 0.429. The monoisotopic (exact) mass is 281 g/mol. The minimum atomic E-state index is -0.926. The lowest BCUT2D eigenvalue weighted by molar-refractivity contribution is -0.141. The van der Waals surface area contributed by atoms with Crippen molar-refractivity contribution in [3.63, 3.8) is 0 Å². The molecule has 2 N–H and O–H groups in total. The molecule has 0 saturated heterocycles. The lowest BCUT2D eigenvalue weighted by Crippen LogP contribution is -2.32. The summed E-state index contributed by atoms with van der Waals surface area (Å²) in [4.78, 5) is 23.0. The number of hydrogen-bond donors (Lipinski definition) is 2. The zero-order chi connectivity index (χ0) is 15.1. The van der Waals surface area contributed by atoms with E-state index in [-0.39, 0.29) is 12.5 Å². The van der Waals surface area contributed by atoms with E-state index in [4.69, 9.17) is 14.6 Å². The van der Waals surface area contributed by atoms with Crippen molar-refractivity contribution in [3.05, 3.63) is 23.8 Å². The molecule has 0 spiro atoms. The van der Waals surface area contributed by atoms with Gasteiger partial charge in [-0.15, -0.1) is 0 Å². The molecule has 0 aromatic heterocycles. The molecule has 1 rings (SSSR count). The fourth-order valence-electron chi connectivity index (χ4n) is 1.78. The minimum absolute atomic E-state index is 0.0744. The van der Waals surface area contributed by atoms with Gasteiger partial charge in [0.2, 0.25) is 0 Å². The summed E-state index contributed by atoms with van der Waals surface area (Å²) < 4.78 is 10.3. The van der Waals surface area contributed by atoms with Gasteiger partial charge in [-0.05, 0) is 18.6 Å². The van der Waals surface area contributed by atoms with Crippen molar-refractivity contribution >= 4 is 11.9 Å². The van der Waals surface area contributed by atoms with Crippen LogP contribution in [0, 0.1) is 5.92 Å². The summed E-state index contributed by atoms with van der Waals surface area (Å²) in [5, 5.41) is 11.5. The van der Waals surface area contributed by atoms with Crippen LogP contribution in [0.4, 0.5) is 0 Å². The molecule has 0 bridgehead atoms. The maximum absolute atomic E-state index is 12.1. The van der Waals surface area contributed by atoms with Gasteiger partial charge in [0, 0.05) is 6.54 Å². The number of aliphatic carboxylic acids is 1. The van der Waals surface area contributed by atoms with Gasteiger partial charge >= 0.3 is 5.97 Å². The Bertz CT molecular complexity index is 486. The fourth-order valence-corrected chi connectivity index (χ4v) is 1.78. The molecule has 0 aliphatic heterocycles. The van der Waals surface area contributed by atoms with Crippen LogP contribution in [0.15, 0.2) is 18.2 Å². The van der Waals surface area contributed by atoms with E-state index >= 15 is 0 Å². The summed E-state index contributed by atoms with van der Waals surface area (Å²) in [6.45, 7) is 1.84. The lowest BCUT2D eigenvalue weighted by Gasteiger charge is -2.14. The number of carboxylic acid groups (broad SMARTS) is 1. The van der Waals surface area contributed by atoms with Crippen molar-refractivity contribution in [2.45, 2.75) is 13.3 Å². The van der Waals surface area contributed by atoms with E-state index in [1.54, 1.807) is 25.1 Å². The van der Waals surface area contributed by atoms with Crippen molar-refractivity contribution in [2.24, 2.45) is 5.92 Å². The first-order chi connectivity index (χ1) is 9.54. The van der Waals surface area contributed by atoms with E-state index in [1.165, 1.54) is 14.2 Å². The predicted molar refractivity (Wildman–Crippen MR) is 73.3 cm³/mol. The lowest BCUT2D eigenvalue weighted by atomic mass is 10.1. The molecule has 20 heavy (non-hydrogen) atoms. The molecule has 6 heteroatoms.